The molecule has 6 nitrogen and oxygen atoms in total. The summed E-state index contributed by atoms with van der Waals surface area (Å²) >= 11 is 0. The molecule has 0 fully saturated rings. The van der Waals surface area contributed by atoms with Crippen molar-refractivity contribution in [2.24, 2.45) is 0 Å². The maximum atomic E-state index is 11.2. The van der Waals surface area contributed by atoms with Gasteiger partial charge in [0.1, 0.15) is 11.5 Å². The van der Waals surface area contributed by atoms with E-state index in [1.807, 2.05) is 55.5 Å². The molecule has 0 amide bonds. The van der Waals surface area contributed by atoms with Crippen molar-refractivity contribution in [2.45, 2.75) is 58.0 Å². The lowest BCUT2D eigenvalue weighted by atomic mass is 10.1. The third-order valence-corrected chi connectivity index (χ3v) is 4.88. The molecule has 0 heterocycles. The summed E-state index contributed by atoms with van der Waals surface area (Å²) in [6.07, 6.45) is 2.12. The van der Waals surface area contributed by atoms with Gasteiger partial charge >= 0.3 is 5.97 Å². The number of carbonyl (C=O) groups is 1. The molecule has 0 saturated carbocycles. The van der Waals surface area contributed by atoms with Gasteiger partial charge in [-0.15, -0.1) is 0 Å². The third kappa shape index (κ3) is 8.84. The highest BCUT2D eigenvalue weighted by Crippen LogP contribution is 2.18. The summed E-state index contributed by atoms with van der Waals surface area (Å²) in [7, 11) is 3.27. The van der Waals surface area contributed by atoms with Crippen LogP contribution in [0.4, 0.5) is 0 Å². The van der Waals surface area contributed by atoms with E-state index in [1.54, 1.807) is 14.2 Å². The van der Waals surface area contributed by atoms with Gasteiger partial charge in [0.05, 0.1) is 46.1 Å². The van der Waals surface area contributed by atoms with Gasteiger partial charge in [-0.1, -0.05) is 24.3 Å². The average molecular weight is 417 g/mol. The van der Waals surface area contributed by atoms with Crippen molar-refractivity contribution in [2.75, 3.05) is 14.2 Å². The second-order valence-corrected chi connectivity index (χ2v) is 7.28. The fourth-order valence-electron chi connectivity index (χ4n) is 3.05. The molecule has 0 aliphatic heterocycles. The van der Waals surface area contributed by atoms with Gasteiger partial charge in [0.2, 0.25) is 0 Å². The van der Waals surface area contributed by atoms with E-state index < -0.39 is 5.97 Å². The van der Waals surface area contributed by atoms with E-state index in [9.17, 15) is 9.90 Å². The molecule has 0 aromatic heterocycles. The van der Waals surface area contributed by atoms with Crippen molar-refractivity contribution in [3.8, 4) is 11.5 Å². The van der Waals surface area contributed by atoms with Crippen molar-refractivity contribution in [3.05, 3.63) is 59.7 Å². The lowest BCUT2D eigenvalue weighted by Crippen LogP contribution is -2.18. The molecule has 0 radical (unpaired) electrons. The smallest absolute Gasteiger partial charge is 0.305 e. The maximum absolute atomic E-state index is 11.2. The number of benzene rings is 2. The summed E-state index contributed by atoms with van der Waals surface area (Å²) in [5.74, 6) is 0.758. The van der Waals surface area contributed by atoms with Crippen molar-refractivity contribution in [3.63, 3.8) is 0 Å². The third-order valence-electron chi connectivity index (χ3n) is 4.88. The Morgan fingerprint density at radius 2 is 1.33 bits per heavy atom. The van der Waals surface area contributed by atoms with E-state index in [-0.39, 0.29) is 18.6 Å². The van der Waals surface area contributed by atoms with Gasteiger partial charge in [0.25, 0.3) is 0 Å². The summed E-state index contributed by atoms with van der Waals surface area (Å²) < 4.78 is 22.1. The second kappa shape index (κ2) is 12.9. The van der Waals surface area contributed by atoms with Gasteiger partial charge in [-0.2, -0.15) is 0 Å². The molecule has 30 heavy (non-hydrogen) atoms. The zero-order chi connectivity index (χ0) is 21.8. The number of carboxylic acid groups (broad SMARTS) is 1. The van der Waals surface area contributed by atoms with Crippen LogP contribution in [0.2, 0.25) is 0 Å². The molecule has 2 rings (SSSR count). The molecule has 0 saturated heterocycles. The van der Waals surface area contributed by atoms with Crippen LogP contribution < -0.4 is 9.47 Å². The van der Waals surface area contributed by atoms with E-state index in [0.29, 0.717) is 19.6 Å². The van der Waals surface area contributed by atoms with Crippen molar-refractivity contribution >= 4 is 5.97 Å². The minimum absolute atomic E-state index is 0.00274. The number of ether oxygens (including phenoxy) is 4. The van der Waals surface area contributed by atoms with E-state index in [0.717, 1.165) is 35.5 Å². The van der Waals surface area contributed by atoms with Gasteiger partial charge in [-0.05, 0) is 61.6 Å². The minimum Gasteiger partial charge on any atom is -0.497 e. The highest BCUT2D eigenvalue weighted by Gasteiger charge is 2.15. The van der Waals surface area contributed by atoms with E-state index in [1.165, 1.54) is 0 Å². The van der Waals surface area contributed by atoms with Crippen LogP contribution in [-0.4, -0.2) is 37.5 Å². The molecule has 2 aromatic carbocycles. The van der Waals surface area contributed by atoms with Gasteiger partial charge in [0, 0.05) is 0 Å². The Labute approximate surface area is 178 Å². The molecule has 2 atom stereocenters. The fourth-order valence-corrected chi connectivity index (χ4v) is 3.05. The summed E-state index contributed by atoms with van der Waals surface area (Å²) in [6.45, 7) is 2.96. The lowest BCUT2D eigenvalue weighted by Gasteiger charge is -2.18. The second-order valence-electron chi connectivity index (χ2n) is 7.28. The SMILES string of the molecule is COc1ccc(CO[C@@H](CCC[C@@H](C)OCc2ccc(OC)cc2)CC(=O)O)cc1. The Morgan fingerprint density at radius 3 is 1.80 bits per heavy atom. The number of carboxylic acids is 1. The Balaban J connectivity index is 1.72. The average Bonchev–Trinajstić information content (AvgIpc) is 2.76. The molecular weight excluding hydrogens is 384 g/mol. The first kappa shape index (κ1) is 23.7. The summed E-state index contributed by atoms with van der Waals surface area (Å²) in [5.41, 5.74) is 2.08. The highest BCUT2D eigenvalue weighted by molar-refractivity contribution is 5.67. The molecule has 2 aromatic rings. The first-order valence-corrected chi connectivity index (χ1v) is 10.2. The molecule has 0 unspecified atom stereocenters. The minimum atomic E-state index is -0.849. The predicted molar refractivity (Wildman–Crippen MR) is 115 cm³/mol. The van der Waals surface area contributed by atoms with Gasteiger partial charge < -0.3 is 24.1 Å². The Kier molecular flexibility index (Phi) is 10.2. The monoisotopic (exact) mass is 416 g/mol. The quantitative estimate of drug-likeness (QED) is 0.475. The molecular formula is C24H32O6. The van der Waals surface area contributed by atoms with Crippen molar-refractivity contribution < 1.29 is 28.8 Å². The number of rotatable bonds is 14. The van der Waals surface area contributed by atoms with Gasteiger partial charge in [-0.25, -0.2) is 0 Å². The van der Waals surface area contributed by atoms with Crippen molar-refractivity contribution in [1.29, 1.82) is 0 Å². The highest BCUT2D eigenvalue weighted by atomic mass is 16.5. The van der Waals surface area contributed by atoms with Crippen LogP contribution in [0, 0.1) is 0 Å². The zero-order valence-electron chi connectivity index (χ0n) is 18.0. The van der Waals surface area contributed by atoms with E-state index in [4.69, 9.17) is 18.9 Å². The standard InChI is InChI=1S/C24H32O6/c1-18(29-16-19-7-11-21(27-2)12-8-19)5-4-6-23(15-24(25)26)30-17-20-9-13-22(28-3)14-10-20/h7-14,18,23H,4-6,15-17H2,1-3H3,(H,25,26)/t18-,23+/m1/s1. The Hall–Kier alpha value is -2.57. The van der Waals surface area contributed by atoms with Crippen LogP contribution in [0.5, 0.6) is 11.5 Å². The maximum Gasteiger partial charge on any atom is 0.305 e. The van der Waals surface area contributed by atoms with Gasteiger partial charge in [0.15, 0.2) is 0 Å². The van der Waals surface area contributed by atoms with Crippen LogP contribution in [0.15, 0.2) is 48.5 Å². The predicted octanol–water partition coefficient (Wildman–Crippen LogP) is 4.84. The zero-order valence-corrected chi connectivity index (χ0v) is 18.0. The van der Waals surface area contributed by atoms with Crippen LogP contribution in [-0.2, 0) is 27.5 Å². The summed E-state index contributed by atoms with van der Waals surface area (Å²) in [5, 5.41) is 9.18. The molecule has 164 valence electrons. The molecule has 0 aliphatic rings. The molecule has 0 bridgehead atoms. The topological polar surface area (TPSA) is 74.2 Å². The van der Waals surface area contributed by atoms with Crippen LogP contribution in [0.25, 0.3) is 0 Å². The first-order valence-electron chi connectivity index (χ1n) is 10.2. The Bertz CT molecular complexity index is 741. The van der Waals surface area contributed by atoms with E-state index in [2.05, 4.69) is 0 Å². The molecule has 0 aliphatic carbocycles. The van der Waals surface area contributed by atoms with E-state index >= 15 is 0 Å². The van der Waals surface area contributed by atoms with Gasteiger partial charge in [-0.3, -0.25) is 4.79 Å². The number of aliphatic carboxylic acids is 1. The van der Waals surface area contributed by atoms with Crippen LogP contribution in [0.3, 0.4) is 0 Å². The molecule has 0 spiro atoms. The summed E-state index contributed by atoms with van der Waals surface area (Å²) in [6, 6.07) is 15.4. The van der Waals surface area contributed by atoms with Crippen LogP contribution in [0.1, 0.15) is 43.7 Å². The Morgan fingerprint density at radius 1 is 0.833 bits per heavy atom. The van der Waals surface area contributed by atoms with Crippen LogP contribution >= 0.6 is 0 Å². The largest absolute Gasteiger partial charge is 0.497 e. The fraction of sp³-hybridized carbons (Fsp3) is 0.458. The number of methoxy groups -OCH3 is 2. The molecule has 6 heteroatoms. The van der Waals surface area contributed by atoms with Crippen molar-refractivity contribution in [1.82, 2.24) is 0 Å². The first-order chi connectivity index (χ1) is 14.5. The number of hydrogen-bond donors (Lipinski definition) is 1. The summed E-state index contributed by atoms with van der Waals surface area (Å²) in [4.78, 5) is 11.2. The lowest BCUT2D eigenvalue weighted by molar-refractivity contribution is -0.140. The number of hydrogen-bond acceptors (Lipinski definition) is 5. The molecule has 1 N–H and O–H groups in total. The normalized spacial score (nSPS) is 12.9.